The molecule has 0 unspecified atom stereocenters. The van der Waals surface area contributed by atoms with Gasteiger partial charge < -0.3 is 10.8 Å². The second kappa shape index (κ2) is 5.30. The summed E-state index contributed by atoms with van der Waals surface area (Å²) in [5.74, 6) is -0.919. The molecular formula is C9H12BrFN2O3S. The lowest BCUT2D eigenvalue weighted by molar-refractivity contribution is 0.198. The maximum Gasteiger partial charge on any atom is 0.243 e. The maximum atomic E-state index is 13.6. The number of benzene rings is 1. The van der Waals surface area contributed by atoms with Gasteiger partial charge in [0.25, 0.3) is 0 Å². The fourth-order valence-electron chi connectivity index (χ4n) is 1.09. The number of nitrogen functional groups attached to an aromatic ring is 1. The molecule has 5 nitrogen and oxygen atoms in total. The number of aliphatic hydroxyl groups excluding tert-OH is 1. The molecule has 0 aromatic heterocycles. The summed E-state index contributed by atoms with van der Waals surface area (Å²) in [6.07, 6.45) is -0.864. The molecule has 1 atom stereocenters. The third kappa shape index (κ3) is 3.63. The normalized spacial score (nSPS) is 13.6. The van der Waals surface area contributed by atoms with Gasteiger partial charge in [0, 0.05) is 12.2 Å². The van der Waals surface area contributed by atoms with Crippen LogP contribution >= 0.6 is 15.9 Å². The summed E-state index contributed by atoms with van der Waals surface area (Å²) in [6, 6.07) is 2.29. The zero-order chi connectivity index (χ0) is 13.2. The van der Waals surface area contributed by atoms with Gasteiger partial charge in [-0.25, -0.2) is 17.5 Å². The number of nitrogens with two attached hydrogens (primary N) is 1. The van der Waals surface area contributed by atoms with Crippen LogP contribution in [0, 0.1) is 5.82 Å². The number of nitrogens with one attached hydrogen (secondary N) is 1. The van der Waals surface area contributed by atoms with E-state index in [1.807, 2.05) is 0 Å². The molecule has 1 aromatic rings. The molecular weight excluding hydrogens is 315 g/mol. The lowest BCUT2D eigenvalue weighted by Crippen LogP contribution is -2.31. The predicted molar refractivity (Wildman–Crippen MR) is 65.4 cm³/mol. The Morgan fingerprint density at radius 3 is 2.71 bits per heavy atom. The predicted octanol–water partition coefficient (Wildman–Crippen LogP) is 0.829. The third-order valence-corrected chi connectivity index (χ3v) is 3.88. The van der Waals surface area contributed by atoms with E-state index in [4.69, 9.17) is 10.8 Å². The van der Waals surface area contributed by atoms with Crippen LogP contribution in [0.15, 0.2) is 21.5 Å². The van der Waals surface area contributed by atoms with Gasteiger partial charge in [-0.05, 0) is 35.0 Å². The van der Waals surface area contributed by atoms with Gasteiger partial charge >= 0.3 is 0 Å². The first-order valence-corrected chi connectivity index (χ1v) is 6.94. The van der Waals surface area contributed by atoms with Crippen molar-refractivity contribution in [2.45, 2.75) is 17.9 Å². The minimum atomic E-state index is -4.03. The van der Waals surface area contributed by atoms with E-state index in [1.165, 1.54) is 13.0 Å². The molecule has 0 saturated heterocycles. The molecule has 0 aliphatic carbocycles. The highest BCUT2D eigenvalue weighted by Gasteiger charge is 2.21. The molecule has 0 spiro atoms. The summed E-state index contributed by atoms with van der Waals surface area (Å²) in [5, 5.41) is 8.99. The van der Waals surface area contributed by atoms with Gasteiger partial charge in [0.2, 0.25) is 10.0 Å². The van der Waals surface area contributed by atoms with Crippen LogP contribution in [0.4, 0.5) is 10.1 Å². The molecule has 17 heavy (non-hydrogen) atoms. The minimum absolute atomic E-state index is 0.0325. The van der Waals surface area contributed by atoms with Crippen molar-refractivity contribution in [3.8, 4) is 0 Å². The molecule has 1 aromatic carbocycles. The Bertz CT molecular complexity index is 519. The highest BCUT2D eigenvalue weighted by molar-refractivity contribution is 9.10. The molecule has 96 valence electrons. The van der Waals surface area contributed by atoms with Crippen LogP contribution in [0.3, 0.4) is 0 Å². The second-order valence-corrected chi connectivity index (χ2v) is 6.11. The van der Waals surface area contributed by atoms with Crippen molar-refractivity contribution in [3.63, 3.8) is 0 Å². The first-order chi connectivity index (χ1) is 7.74. The van der Waals surface area contributed by atoms with Crippen LogP contribution in [0.2, 0.25) is 0 Å². The van der Waals surface area contributed by atoms with Gasteiger partial charge in [0.05, 0.1) is 10.6 Å². The van der Waals surface area contributed by atoms with Crippen molar-refractivity contribution in [2.75, 3.05) is 12.3 Å². The quantitative estimate of drug-likeness (QED) is 0.714. The Hall–Kier alpha value is -0.700. The van der Waals surface area contributed by atoms with Crippen molar-refractivity contribution in [1.82, 2.24) is 4.72 Å². The van der Waals surface area contributed by atoms with Gasteiger partial charge in [-0.15, -0.1) is 0 Å². The highest BCUT2D eigenvalue weighted by atomic mass is 79.9. The lowest BCUT2D eigenvalue weighted by atomic mass is 10.3. The average Bonchev–Trinajstić information content (AvgIpc) is 2.20. The number of anilines is 1. The average molecular weight is 327 g/mol. The van der Waals surface area contributed by atoms with E-state index in [-0.39, 0.29) is 16.7 Å². The van der Waals surface area contributed by atoms with Gasteiger partial charge in [-0.3, -0.25) is 0 Å². The Morgan fingerprint density at radius 1 is 1.59 bits per heavy atom. The Labute approximate surface area is 107 Å². The number of halogens is 2. The molecule has 0 aliphatic rings. The topological polar surface area (TPSA) is 92.4 Å². The summed E-state index contributed by atoms with van der Waals surface area (Å²) < 4.78 is 39.1. The Morgan fingerprint density at radius 2 is 2.18 bits per heavy atom. The second-order valence-electron chi connectivity index (χ2n) is 3.52. The van der Waals surface area contributed by atoms with E-state index >= 15 is 0 Å². The standard InChI is InChI=1S/C9H12BrFN2O3S/c1-5(14)4-13-17(15,16)8-3-6(12)2-7(10)9(8)11/h2-3,5,13-14H,4,12H2,1H3/t5-/m0/s1. The fourth-order valence-corrected chi connectivity index (χ4v) is 2.95. The van der Waals surface area contributed by atoms with Crippen molar-refractivity contribution >= 4 is 31.6 Å². The number of sulfonamides is 1. The van der Waals surface area contributed by atoms with Crippen LogP contribution in [-0.4, -0.2) is 26.2 Å². The summed E-state index contributed by atoms with van der Waals surface area (Å²) in [5.41, 5.74) is 5.56. The van der Waals surface area contributed by atoms with Crippen molar-refractivity contribution in [1.29, 1.82) is 0 Å². The smallest absolute Gasteiger partial charge is 0.243 e. The molecule has 0 amide bonds. The number of aliphatic hydroxyl groups is 1. The number of hydrogen-bond donors (Lipinski definition) is 3. The van der Waals surface area contributed by atoms with Crippen molar-refractivity contribution < 1.29 is 17.9 Å². The lowest BCUT2D eigenvalue weighted by Gasteiger charge is -2.10. The maximum absolute atomic E-state index is 13.6. The summed E-state index contributed by atoms with van der Waals surface area (Å²) in [7, 11) is -4.03. The molecule has 0 radical (unpaired) electrons. The van der Waals surface area contributed by atoms with Gasteiger partial charge in [0.1, 0.15) is 4.90 Å². The van der Waals surface area contributed by atoms with E-state index < -0.39 is 26.8 Å². The molecule has 0 fully saturated rings. The molecule has 0 aliphatic heterocycles. The largest absolute Gasteiger partial charge is 0.399 e. The summed E-state index contributed by atoms with van der Waals surface area (Å²) in [6.45, 7) is 1.21. The zero-order valence-electron chi connectivity index (χ0n) is 8.94. The molecule has 0 saturated carbocycles. The van der Waals surface area contributed by atoms with Gasteiger partial charge in [-0.2, -0.15) is 0 Å². The van der Waals surface area contributed by atoms with Crippen molar-refractivity contribution in [3.05, 3.63) is 22.4 Å². The molecule has 4 N–H and O–H groups in total. The van der Waals surface area contributed by atoms with E-state index in [0.717, 1.165) is 6.07 Å². The summed E-state index contributed by atoms with van der Waals surface area (Å²) >= 11 is 2.87. The minimum Gasteiger partial charge on any atom is -0.399 e. The van der Waals surface area contributed by atoms with Crippen LogP contribution in [0.25, 0.3) is 0 Å². The van der Waals surface area contributed by atoms with E-state index in [1.54, 1.807) is 0 Å². The fraction of sp³-hybridized carbons (Fsp3) is 0.333. The van der Waals surface area contributed by atoms with Crippen LogP contribution < -0.4 is 10.5 Å². The van der Waals surface area contributed by atoms with E-state index in [2.05, 4.69) is 20.7 Å². The summed E-state index contributed by atoms with van der Waals surface area (Å²) in [4.78, 5) is -0.551. The van der Waals surface area contributed by atoms with Crippen molar-refractivity contribution in [2.24, 2.45) is 0 Å². The zero-order valence-corrected chi connectivity index (χ0v) is 11.3. The Balaban J connectivity index is 3.15. The molecule has 1 rings (SSSR count). The van der Waals surface area contributed by atoms with Crippen LogP contribution in [0.1, 0.15) is 6.92 Å². The molecule has 0 heterocycles. The first kappa shape index (κ1) is 14.4. The third-order valence-electron chi connectivity index (χ3n) is 1.88. The highest BCUT2D eigenvalue weighted by Crippen LogP contribution is 2.25. The number of hydrogen-bond acceptors (Lipinski definition) is 4. The van der Waals surface area contributed by atoms with Gasteiger partial charge in [-0.1, -0.05) is 0 Å². The molecule has 8 heteroatoms. The molecule has 0 bridgehead atoms. The first-order valence-electron chi connectivity index (χ1n) is 4.66. The number of rotatable bonds is 4. The SMILES string of the molecule is C[C@H](O)CNS(=O)(=O)c1cc(N)cc(Br)c1F. The van der Waals surface area contributed by atoms with E-state index in [9.17, 15) is 12.8 Å². The van der Waals surface area contributed by atoms with Crippen LogP contribution in [-0.2, 0) is 10.0 Å². The van der Waals surface area contributed by atoms with Gasteiger partial charge in [0.15, 0.2) is 5.82 Å². The van der Waals surface area contributed by atoms with E-state index in [0.29, 0.717) is 0 Å². The Kier molecular flexibility index (Phi) is 4.48. The monoisotopic (exact) mass is 326 g/mol. The van der Waals surface area contributed by atoms with Crippen LogP contribution in [0.5, 0.6) is 0 Å².